The van der Waals surface area contributed by atoms with Crippen molar-refractivity contribution < 1.29 is 8.90 Å². The smallest absolute Gasteiger partial charge is 0.203 e. The second-order valence-corrected chi connectivity index (χ2v) is 11.2. The van der Waals surface area contributed by atoms with E-state index in [1.807, 2.05) is 11.8 Å². The van der Waals surface area contributed by atoms with Gasteiger partial charge in [0.2, 0.25) is 5.36 Å². The van der Waals surface area contributed by atoms with E-state index in [1.165, 1.54) is 42.9 Å². The number of rotatable bonds is 10. The molecule has 35 heavy (non-hydrogen) atoms. The fraction of sp³-hybridized carbons (Fsp3) is 0.571. The average Bonchev–Trinajstić information content (AvgIpc) is 2.87. The van der Waals surface area contributed by atoms with E-state index >= 15 is 0 Å². The van der Waals surface area contributed by atoms with E-state index in [0.29, 0.717) is 0 Å². The summed E-state index contributed by atoms with van der Waals surface area (Å²) in [6.07, 6.45) is 3.47. The number of quaternary nitrogens is 1. The van der Waals surface area contributed by atoms with Crippen LogP contribution in [0.4, 0.5) is 5.69 Å². The van der Waals surface area contributed by atoms with E-state index in [-0.39, 0.29) is 0 Å². The number of piperazine rings is 1. The van der Waals surface area contributed by atoms with E-state index < -0.39 is 0 Å². The van der Waals surface area contributed by atoms with E-state index in [0.717, 1.165) is 66.3 Å². The van der Waals surface area contributed by atoms with Gasteiger partial charge in [0.05, 0.1) is 46.3 Å². The Morgan fingerprint density at radius 1 is 1.06 bits per heavy atom. The van der Waals surface area contributed by atoms with Crippen LogP contribution in [0.25, 0.3) is 22.6 Å². The molecule has 0 saturated carbocycles. The maximum Gasteiger partial charge on any atom is 0.203 e. The second kappa shape index (κ2) is 11.8. The van der Waals surface area contributed by atoms with Crippen LogP contribution in [0.15, 0.2) is 40.8 Å². The van der Waals surface area contributed by atoms with Gasteiger partial charge in [0.1, 0.15) is 11.2 Å². The Hall–Kier alpha value is -2.09. The fourth-order valence-electron chi connectivity index (χ4n) is 4.99. The normalized spacial score (nSPS) is 15.3. The van der Waals surface area contributed by atoms with Crippen molar-refractivity contribution in [3.63, 3.8) is 0 Å². The summed E-state index contributed by atoms with van der Waals surface area (Å²) in [5, 5.41) is 1.23. The van der Waals surface area contributed by atoms with Crippen molar-refractivity contribution in [3.8, 4) is 11.5 Å². The molecule has 1 saturated heterocycles. The number of nitrogens with zero attached hydrogens (tertiary/aromatic N) is 5. The van der Waals surface area contributed by atoms with Crippen LogP contribution >= 0.6 is 11.8 Å². The lowest BCUT2D eigenvalue weighted by Gasteiger charge is -2.31. The molecule has 1 aliphatic carbocycles. The largest absolute Gasteiger partial charge is 0.452 e. The third kappa shape index (κ3) is 6.57. The van der Waals surface area contributed by atoms with Gasteiger partial charge in [-0.1, -0.05) is 0 Å². The molecule has 0 aromatic heterocycles. The summed E-state index contributed by atoms with van der Waals surface area (Å²) in [5.41, 5.74) is 3.86. The zero-order valence-corrected chi connectivity index (χ0v) is 23.1. The molecule has 7 heteroatoms. The topological polar surface area (TPSA) is 35.5 Å². The molecule has 1 aromatic carbocycles. The number of aromatic nitrogens is 1. The van der Waals surface area contributed by atoms with Crippen LogP contribution in [-0.2, 0) is 0 Å². The van der Waals surface area contributed by atoms with Crippen molar-refractivity contribution in [1.29, 1.82) is 0 Å². The van der Waals surface area contributed by atoms with Gasteiger partial charge in [0.15, 0.2) is 24.4 Å². The summed E-state index contributed by atoms with van der Waals surface area (Å²) < 4.78 is 9.97. The molecule has 4 rings (SSSR count). The van der Waals surface area contributed by atoms with Crippen LogP contribution in [0.5, 0.6) is 0 Å². The minimum Gasteiger partial charge on any atom is -0.452 e. The highest BCUT2D eigenvalue weighted by molar-refractivity contribution is 7.98. The minimum absolute atomic E-state index is 0.850. The predicted molar refractivity (Wildman–Crippen MR) is 150 cm³/mol. The quantitative estimate of drug-likeness (QED) is 0.243. The number of thioether (sulfide) groups is 1. The number of fused-ring (bicyclic) bond motifs is 2. The van der Waals surface area contributed by atoms with Crippen LogP contribution in [0.3, 0.4) is 0 Å². The van der Waals surface area contributed by atoms with Crippen molar-refractivity contribution in [3.05, 3.63) is 41.8 Å². The van der Waals surface area contributed by atoms with Gasteiger partial charge in [0, 0.05) is 49.6 Å². The molecule has 0 bridgehead atoms. The highest BCUT2D eigenvalue weighted by Gasteiger charge is 2.21. The van der Waals surface area contributed by atoms with Gasteiger partial charge in [0.25, 0.3) is 0 Å². The molecule has 1 fully saturated rings. The average molecular weight is 498 g/mol. The summed E-state index contributed by atoms with van der Waals surface area (Å²) in [4.78, 5) is 9.82. The number of anilines is 1. The minimum atomic E-state index is 0.850. The molecule has 0 spiro atoms. The monoisotopic (exact) mass is 497 g/mol. The predicted octanol–water partition coefficient (Wildman–Crippen LogP) is 3.70. The van der Waals surface area contributed by atoms with E-state index in [2.05, 4.69) is 85.0 Å². The van der Waals surface area contributed by atoms with Crippen molar-refractivity contribution in [2.24, 2.45) is 0 Å². The molecule has 0 amide bonds. The lowest BCUT2D eigenvalue weighted by molar-refractivity contribution is -0.887. The van der Waals surface area contributed by atoms with Crippen molar-refractivity contribution >= 4 is 28.5 Å². The second-order valence-electron chi connectivity index (χ2n) is 10.2. The molecule has 190 valence electrons. The Labute approximate surface area is 215 Å². The van der Waals surface area contributed by atoms with Gasteiger partial charge >= 0.3 is 0 Å². The van der Waals surface area contributed by atoms with Gasteiger partial charge in [-0.3, -0.25) is 4.90 Å². The molecule has 0 unspecified atom stereocenters. The first-order valence-electron chi connectivity index (χ1n) is 13.1. The van der Waals surface area contributed by atoms with E-state index in [9.17, 15) is 0 Å². The number of benzene rings is 2. The Morgan fingerprint density at radius 3 is 2.54 bits per heavy atom. The Bertz CT molecular complexity index is 1140. The molecular weight excluding hydrogens is 454 g/mol. The van der Waals surface area contributed by atoms with Crippen LogP contribution in [0, 0.1) is 0 Å². The third-order valence-corrected chi connectivity index (χ3v) is 7.94. The molecule has 0 N–H and O–H groups in total. The Kier molecular flexibility index (Phi) is 8.73. The van der Waals surface area contributed by atoms with Crippen LogP contribution in [0.2, 0.25) is 0 Å². The number of hydrogen-bond acceptors (Lipinski definition) is 5. The first-order valence-corrected chi connectivity index (χ1v) is 14.5. The zero-order valence-electron chi connectivity index (χ0n) is 22.3. The summed E-state index contributed by atoms with van der Waals surface area (Å²) in [5.74, 6) is 2.10. The molecule has 2 heterocycles. The standard InChI is InChI=1S/C28H43N5OS/c1-6-31(7-2)23-9-11-25-27(21-23)34-28-22-24(10-12-26(28)29-25)32-16-14-30(15-17-32)13-8-18-33(3,4)19-20-35-5/h9-12,21-22H,6-8,13-20H2,1-5H3/q+2. The van der Waals surface area contributed by atoms with Gasteiger partial charge in [-0.15, -0.1) is 0 Å². The molecular formula is C28H43N5OS+2. The first-order chi connectivity index (χ1) is 16.9. The first kappa shape index (κ1) is 26.0. The summed E-state index contributed by atoms with van der Waals surface area (Å²) in [6.45, 7) is 14.4. The maximum atomic E-state index is 6.36. The molecule has 3 aliphatic rings. The molecule has 2 aliphatic heterocycles. The highest BCUT2D eigenvalue weighted by atomic mass is 32.2. The van der Waals surface area contributed by atoms with Gasteiger partial charge in [-0.25, -0.2) is 9.56 Å². The Balaban J connectivity index is 1.45. The lowest BCUT2D eigenvalue weighted by atomic mass is 10.2. The molecule has 1 aromatic rings. The fourth-order valence-corrected chi connectivity index (χ4v) is 5.66. The zero-order chi connectivity index (χ0) is 24.8. The molecule has 0 atom stereocenters. The highest BCUT2D eigenvalue weighted by Crippen LogP contribution is 2.27. The van der Waals surface area contributed by atoms with Gasteiger partial charge in [-0.05, 0) is 38.3 Å². The van der Waals surface area contributed by atoms with E-state index in [1.54, 1.807) is 0 Å². The van der Waals surface area contributed by atoms with Crippen molar-refractivity contribution in [2.75, 3.05) is 89.9 Å². The SMILES string of the molecule is CCN(CC)c1ccc2nc3ccc(=[N+]4CCN(CCC[N+](C)(C)CCSC)CC4)cc-3oc2c1. The van der Waals surface area contributed by atoms with E-state index in [4.69, 9.17) is 9.40 Å². The van der Waals surface area contributed by atoms with Crippen molar-refractivity contribution in [1.82, 2.24) is 14.5 Å². The third-order valence-electron chi connectivity index (χ3n) is 7.35. The molecule has 0 radical (unpaired) electrons. The Morgan fingerprint density at radius 2 is 1.83 bits per heavy atom. The van der Waals surface area contributed by atoms with Crippen LogP contribution < -0.4 is 14.8 Å². The van der Waals surface area contributed by atoms with Gasteiger partial charge < -0.3 is 13.8 Å². The van der Waals surface area contributed by atoms with Crippen LogP contribution in [0.1, 0.15) is 20.3 Å². The summed E-state index contributed by atoms with van der Waals surface area (Å²) in [7, 11) is 4.73. The molecule has 6 nitrogen and oxygen atoms in total. The lowest BCUT2D eigenvalue weighted by Crippen LogP contribution is -2.49. The van der Waals surface area contributed by atoms with Crippen LogP contribution in [-0.4, -0.2) is 99.4 Å². The van der Waals surface area contributed by atoms with Crippen molar-refractivity contribution in [2.45, 2.75) is 20.3 Å². The summed E-state index contributed by atoms with van der Waals surface area (Å²) in [6, 6.07) is 12.8. The maximum absolute atomic E-state index is 6.36. The van der Waals surface area contributed by atoms with Gasteiger partial charge in [-0.2, -0.15) is 11.8 Å². The number of hydrogen-bond donors (Lipinski definition) is 0. The summed E-state index contributed by atoms with van der Waals surface area (Å²) >= 11 is 1.95.